The second-order valence-electron chi connectivity index (χ2n) is 5.59. The maximum Gasteiger partial charge on any atom is 0.411 e. The Morgan fingerprint density at radius 1 is 1.00 bits per heavy atom. The molecular formula is C19H20F3NO4. The van der Waals surface area contributed by atoms with E-state index in [0.717, 1.165) is 5.75 Å². The Morgan fingerprint density at radius 2 is 1.52 bits per heavy atom. The number of carbonyl (C=O) groups excluding carboxylic acids is 1. The largest absolute Gasteiger partial charge is 0.494 e. The first-order chi connectivity index (χ1) is 12.8. The highest BCUT2D eigenvalue weighted by Crippen LogP contribution is 2.25. The Kier molecular flexibility index (Phi) is 7.06. The van der Waals surface area contributed by atoms with Crippen LogP contribution in [0.3, 0.4) is 0 Å². The molecule has 8 heteroatoms. The molecule has 5 nitrogen and oxygen atoms in total. The zero-order valence-corrected chi connectivity index (χ0v) is 14.9. The fraction of sp³-hybridized carbons (Fsp3) is 0.316. The molecule has 0 unspecified atom stereocenters. The lowest BCUT2D eigenvalue weighted by molar-refractivity contribution is -0.184. The fourth-order valence-electron chi connectivity index (χ4n) is 2.05. The Morgan fingerprint density at radius 3 is 2.04 bits per heavy atom. The molecule has 0 aliphatic carbocycles. The summed E-state index contributed by atoms with van der Waals surface area (Å²) >= 11 is 0. The first kappa shape index (κ1) is 20.6. The molecule has 0 fully saturated rings. The van der Waals surface area contributed by atoms with Gasteiger partial charge in [0.2, 0.25) is 0 Å². The van der Waals surface area contributed by atoms with Crippen LogP contribution in [0.2, 0.25) is 0 Å². The van der Waals surface area contributed by atoms with Crippen molar-refractivity contribution < 1.29 is 32.2 Å². The third-order valence-electron chi connectivity index (χ3n) is 3.36. The van der Waals surface area contributed by atoms with Crippen LogP contribution in [0.15, 0.2) is 48.5 Å². The molecule has 27 heavy (non-hydrogen) atoms. The lowest BCUT2D eigenvalue weighted by Crippen LogP contribution is -2.31. The summed E-state index contributed by atoms with van der Waals surface area (Å²) in [6.45, 7) is 2.25. The predicted molar refractivity (Wildman–Crippen MR) is 94.2 cm³/mol. The molecule has 1 atom stereocenters. The van der Waals surface area contributed by atoms with Gasteiger partial charge in [0.05, 0.1) is 6.61 Å². The van der Waals surface area contributed by atoms with Gasteiger partial charge in [-0.1, -0.05) is 0 Å². The molecule has 146 valence electrons. The van der Waals surface area contributed by atoms with Crippen LogP contribution < -0.4 is 14.8 Å². The van der Waals surface area contributed by atoms with Crippen molar-refractivity contribution in [3.8, 4) is 17.2 Å². The molecule has 0 heterocycles. The van der Waals surface area contributed by atoms with E-state index in [0.29, 0.717) is 23.8 Å². The van der Waals surface area contributed by atoms with E-state index in [1.165, 1.54) is 6.92 Å². The van der Waals surface area contributed by atoms with Crippen molar-refractivity contribution in [3.63, 3.8) is 0 Å². The minimum absolute atomic E-state index is 0.418. The van der Waals surface area contributed by atoms with Gasteiger partial charge in [-0.05, 0) is 62.4 Å². The van der Waals surface area contributed by atoms with Gasteiger partial charge in [0.25, 0.3) is 5.91 Å². The molecule has 0 aliphatic rings. The van der Waals surface area contributed by atoms with Gasteiger partial charge in [0.1, 0.15) is 30.0 Å². The molecule has 0 aromatic heterocycles. The van der Waals surface area contributed by atoms with Crippen molar-refractivity contribution in [3.05, 3.63) is 48.5 Å². The summed E-state index contributed by atoms with van der Waals surface area (Å²) in [5.74, 6) is 1.23. The van der Waals surface area contributed by atoms with Crippen LogP contribution in [0, 0.1) is 0 Å². The minimum Gasteiger partial charge on any atom is -0.494 e. The van der Waals surface area contributed by atoms with Gasteiger partial charge in [-0.3, -0.25) is 4.79 Å². The number of amides is 1. The number of hydrogen-bond donors (Lipinski definition) is 1. The molecule has 0 aliphatic heterocycles. The summed E-state index contributed by atoms with van der Waals surface area (Å²) < 4.78 is 51.9. The van der Waals surface area contributed by atoms with Gasteiger partial charge in [-0.15, -0.1) is 0 Å². The van der Waals surface area contributed by atoms with Crippen LogP contribution in [0.5, 0.6) is 17.2 Å². The topological polar surface area (TPSA) is 56.8 Å². The Labute approximate surface area is 155 Å². The maximum absolute atomic E-state index is 12.1. The maximum atomic E-state index is 12.1. The molecule has 1 N–H and O–H groups in total. The van der Waals surface area contributed by atoms with Crippen LogP contribution in [0.25, 0.3) is 0 Å². The number of alkyl halides is 3. The highest BCUT2D eigenvalue weighted by atomic mass is 19.4. The number of anilines is 1. The third-order valence-corrected chi connectivity index (χ3v) is 3.36. The minimum atomic E-state index is -4.48. The van der Waals surface area contributed by atoms with Crippen molar-refractivity contribution in [1.82, 2.24) is 0 Å². The van der Waals surface area contributed by atoms with Crippen LogP contribution >= 0.6 is 0 Å². The molecule has 0 spiro atoms. The highest BCUT2D eigenvalue weighted by Gasteiger charge is 2.29. The van der Waals surface area contributed by atoms with Crippen LogP contribution in [-0.4, -0.2) is 31.4 Å². The van der Waals surface area contributed by atoms with Crippen molar-refractivity contribution >= 4 is 11.6 Å². The molecule has 0 saturated heterocycles. The van der Waals surface area contributed by atoms with E-state index in [-0.39, 0.29) is 0 Å². The van der Waals surface area contributed by atoms with E-state index in [2.05, 4.69) is 10.1 Å². The molecule has 0 radical (unpaired) electrons. The van der Waals surface area contributed by atoms with Gasteiger partial charge < -0.3 is 19.5 Å². The number of carbonyl (C=O) groups is 1. The smallest absolute Gasteiger partial charge is 0.411 e. The van der Waals surface area contributed by atoms with Crippen molar-refractivity contribution in [2.24, 2.45) is 0 Å². The Hall–Kier alpha value is -2.74. The van der Waals surface area contributed by atoms with Gasteiger partial charge in [-0.25, -0.2) is 0 Å². The van der Waals surface area contributed by atoms with E-state index >= 15 is 0 Å². The molecule has 2 aromatic carbocycles. The van der Waals surface area contributed by atoms with Gasteiger partial charge >= 0.3 is 6.18 Å². The summed E-state index contributed by atoms with van der Waals surface area (Å²) in [5, 5.41) is 2.49. The van der Waals surface area contributed by atoms with Crippen molar-refractivity contribution in [1.29, 1.82) is 0 Å². The molecule has 0 bridgehead atoms. The number of ether oxygens (including phenoxy) is 3. The first-order valence-electron chi connectivity index (χ1n) is 8.27. The van der Waals surface area contributed by atoms with Crippen molar-refractivity contribution in [2.45, 2.75) is 26.1 Å². The standard InChI is InChI=1S/C19H20F3NO4/c1-3-25-15-8-10-17(11-9-15)27-16-6-4-14(5-7-16)23-18(24)13(2)26-12-19(20,21)22/h4-11,13H,3,12H2,1-2H3,(H,23,24)/t13-/m0/s1. The first-order valence-corrected chi connectivity index (χ1v) is 8.27. The Balaban J connectivity index is 1.88. The van der Waals surface area contributed by atoms with Gasteiger partial charge in [0, 0.05) is 5.69 Å². The number of benzene rings is 2. The fourth-order valence-corrected chi connectivity index (χ4v) is 2.05. The summed E-state index contributed by atoms with van der Waals surface area (Å²) in [4.78, 5) is 11.8. The molecule has 2 rings (SSSR count). The van der Waals surface area contributed by atoms with E-state index in [9.17, 15) is 18.0 Å². The average molecular weight is 383 g/mol. The van der Waals surface area contributed by atoms with E-state index in [4.69, 9.17) is 9.47 Å². The molecule has 2 aromatic rings. The Bertz CT molecular complexity index is 730. The summed E-state index contributed by atoms with van der Waals surface area (Å²) in [6.07, 6.45) is -5.71. The molecular weight excluding hydrogens is 363 g/mol. The lowest BCUT2D eigenvalue weighted by atomic mass is 10.2. The van der Waals surface area contributed by atoms with Crippen LogP contribution in [0.1, 0.15) is 13.8 Å². The average Bonchev–Trinajstić information content (AvgIpc) is 2.62. The van der Waals surface area contributed by atoms with E-state index in [1.54, 1.807) is 48.5 Å². The summed E-state index contributed by atoms with van der Waals surface area (Å²) in [7, 11) is 0. The zero-order valence-electron chi connectivity index (χ0n) is 14.9. The number of rotatable bonds is 8. The highest BCUT2D eigenvalue weighted by molar-refractivity contribution is 5.93. The number of halogens is 3. The lowest BCUT2D eigenvalue weighted by Gasteiger charge is -2.15. The summed E-state index contributed by atoms with van der Waals surface area (Å²) in [6, 6.07) is 13.5. The van der Waals surface area contributed by atoms with Gasteiger partial charge in [-0.2, -0.15) is 13.2 Å². The van der Waals surface area contributed by atoms with E-state index in [1.807, 2.05) is 6.92 Å². The number of hydrogen-bond acceptors (Lipinski definition) is 4. The van der Waals surface area contributed by atoms with Crippen LogP contribution in [0.4, 0.5) is 18.9 Å². The normalized spacial score (nSPS) is 12.3. The third kappa shape index (κ3) is 7.18. The second kappa shape index (κ2) is 9.27. The zero-order chi connectivity index (χ0) is 19.9. The van der Waals surface area contributed by atoms with Crippen molar-refractivity contribution in [2.75, 3.05) is 18.5 Å². The van der Waals surface area contributed by atoms with E-state index < -0.39 is 24.8 Å². The second-order valence-corrected chi connectivity index (χ2v) is 5.59. The predicted octanol–water partition coefficient (Wildman–Crippen LogP) is 4.78. The molecule has 0 saturated carbocycles. The van der Waals surface area contributed by atoms with Crippen LogP contribution in [-0.2, 0) is 9.53 Å². The molecule has 1 amide bonds. The number of nitrogens with one attached hydrogen (secondary N) is 1. The summed E-state index contributed by atoms with van der Waals surface area (Å²) in [5.41, 5.74) is 0.418. The quantitative estimate of drug-likeness (QED) is 0.713. The van der Waals surface area contributed by atoms with Gasteiger partial charge in [0.15, 0.2) is 0 Å². The SMILES string of the molecule is CCOc1ccc(Oc2ccc(NC(=O)[C@H](C)OCC(F)(F)F)cc2)cc1. The monoisotopic (exact) mass is 383 g/mol.